The topological polar surface area (TPSA) is 73.8 Å². The van der Waals surface area contributed by atoms with Crippen LogP contribution in [0.25, 0.3) is 16.9 Å². The summed E-state index contributed by atoms with van der Waals surface area (Å²) in [7, 11) is 0. The number of pyridine rings is 1. The summed E-state index contributed by atoms with van der Waals surface area (Å²) in [6.07, 6.45) is 0. The highest BCUT2D eigenvalue weighted by Gasteiger charge is 2.15. The molecule has 0 unspecified atom stereocenters. The number of imidazole rings is 1. The van der Waals surface area contributed by atoms with Gasteiger partial charge in [-0.2, -0.15) is 0 Å². The van der Waals surface area contributed by atoms with Crippen LogP contribution in [0.4, 0.5) is 5.69 Å². The average Bonchev–Trinajstić information content (AvgIpc) is 2.73. The number of para-hydroxylation sites is 2. The Morgan fingerprint density at radius 1 is 1.10 bits per heavy atom. The molecule has 0 aliphatic heterocycles. The molecule has 0 amide bonds. The molecule has 6 nitrogen and oxygen atoms in total. The minimum atomic E-state index is -0.426. The lowest BCUT2D eigenvalue weighted by Crippen LogP contribution is -2.03. The fourth-order valence-corrected chi connectivity index (χ4v) is 2.29. The van der Waals surface area contributed by atoms with Crippen LogP contribution in [0, 0.1) is 24.0 Å². The Bertz CT molecular complexity index is 823. The summed E-state index contributed by atoms with van der Waals surface area (Å²) < 4.78 is 1.89. The van der Waals surface area contributed by atoms with E-state index in [1.165, 1.54) is 6.07 Å². The van der Waals surface area contributed by atoms with Crippen LogP contribution in [0.1, 0.15) is 11.5 Å². The van der Waals surface area contributed by atoms with Gasteiger partial charge in [0.25, 0.3) is 5.69 Å². The third kappa shape index (κ3) is 1.82. The van der Waals surface area contributed by atoms with Crippen molar-refractivity contribution in [1.29, 1.82) is 0 Å². The van der Waals surface area contributed by atoms with E-state index in [0.29, 0.717) is 11.5 Å². The molecule has 6 heteroatoms. The molecule has 100 valence electrons. The summed E-state index contributed by atoms with van der Waals surface area (Å²) >= 11 is 0. The molecule has 3 aromatic rings. The minimum absolute atomic E-state index is 0.0239. The average molecular weight is 268 g/mol. The molecule has 20 heavy (non-hydrogen) atoms. The maximum atomic E-state index is 10.8. The van der Waals surface area contributed by atoms with Crippen molar-refractivity contribution in [2.45, 2.75) is 13.8 Å². The smallest absolute Gasteiger partial charge is 0.281 e. The zero-order valence-corrected chi connectivity index (χ0v) is 11.1. The molecule has 0 saturated carbocycles. The second-order valence-electron chi connectivity index (χ2n) is 4.51. The molecule has 0 bridgehead atoms. The predicted molar refractivity (Wildman–Crippen MR) is 75.0 cm³/mol. The predicted octanol–water partition coefficient (Wildman–Crippen LogP) is 2.95. The van der Waals surface area contributed by atoms with Crippen LogP contribution in [0.3, 0.4) is 0 Å². The molecule has 2 heterocycles. The fourth-order valence-electron chi connectivity index (χ4n) is 2.29. The van der Waals surface area contributed by atoms with Crippen LogP contribution in [-0.2, 0) is 0 Å². The van der Waals surface area contributed by atoms with Gasteiger partial charge in [-0.3, -0.25) is 14.7 Å². The molecule has 1 aromatic carbocycles. The van der Waals surface area contributed by atoms with Crippen molar-refractivity contribution < 1.29 is 4.92 Å². The summed E-state index contributed by atoms with van der Waals surface area (Å²) in [6.45, 7) is 3.52. The molecule has 0 atom stereocenters. The van der Waals surface area contributed by atoms with Crippen LogP contribution in [0.2, 0.25) is 0 Å². The maximum absolute atomic E-state index is 10.8. The summed E-state index contributed by atoms with van der Waals surface area (Å²) in [5.74, 6) is 1.44. The number of hydrogen-bond acceptors (Lipinski definition) is 4. The van der Waals surface area contributed by atoms with E-state index in [4.69, 9.17) is 0 Å². The van der Waals surface area contributed by atoms with Gasteiger partial charge >= 0.3 is 0 Å². The third-order valence-corrected chi connectivity index (χ3v) is 3.20. The summed E-state index contributed by atoms with van der Waals surface area (Å²) in [5.41, 5.74) is 2.23. The Balaban J connectivity index is 2.23. The number of fused-ring (bicyclic) bond motifs is 1. The van der Waals surface area contributed by atoms with Gasteiger partial charge in [0.1, 0.15) is 17.3 Å². The Morgan fingerprint density at radius 2 is 1.85 bits per heavy atom. The first-order valence-electron chi connectivity index (χ1n) is 6.14. The highest BCUT2D eigenvalue weighted by atomic mass is 16.6. The van der Waals surface area contributed by atoms with E-state index in [9.17, 15) is 10.1 Å². The second kappa shape index (κ2) is 4.41. The van der Waals surface area contributed by atoms with E-state index in [-0.39, 0.29) is 5.69 Å². The van der Waals surface area contributed by atoms with Gasteiger partial charge in [-0.05, 0) is 32.0 Å². The Kier molecular flexibility index (Phi) is 2.71. The van der Waals surface area contributed by atoms with E-state index in [0.717, 1.165) is 16.9 Å². The van der Waals surface area contributed by atoms with Crippen LogP contribution >= 0.6 is 0 Å². The van der Waals surface area contributed by atoms with E-state index in [1.54, 1.807) is 13.0 Å². The molecule has 3 rings (SSSR count). The fraction of sp³-hybridized carbons (Fsp3) is 0.143. The number of aryl methyl sites for hydroxylation is 2. The van der Waals surface area contributed by atoms with Crippen LogP contribution in [0.5, 0.6) is 0 Å². The van der Waals surface area contributed by atoms with E-state index in [1.807, 2.05) is 35.8 Å². The molecule has 0 N–H and O–H groups in total. The van der Waals surface area contributed by atoms with Gasteiger partial charge in [0, 0.05) is 6.07 Å². The Hall–Kier alpha value is -2.76. The molecule has 0 saturated heterocycles. The first kappa shape index (κ1) is 12.3. The molecular formula is C14H12N4O2. The van der Waals surface area contributed by atoms with Gasteiger partial charge < -0.3 is 0 Å². The van der Waals surface area contributed by atoms with Crippen LogP contribution in [0.15, 0.2) is 36.4 Å². The van der Waals surface area contributed by atoms with E-state index in [2.05, 4.69) is 9.97 Å². The third-order valence-electron chi connectivity index (χ3n) is 3.20. The lowest BCUT2D eigenvalue weighted by molar-refractivity contribution is -0.385. The zero-order valence-electron chi connectivity index (χ0n) is 11.1. The first-order chi connectivity index (χ1) is 9.58. The second-order valence-corrected chi connectivity index (χ2v) is 4.51. The molecule has 0 aliphatic carbocycles. The standard InChI is InChI=1S/C14H12N4O2/c1-9-12(18(19)20)7-8-14(15-9)17-10(2)16-11-5-3-4-6-13(11)17/h3-8H,1-2H3. The number of nitro groups is 1. The first-order valence-corrected chi connectivity index (χ1v) is 6.14. The highest BCUT2D eigenvalue weighted by Crippen LogP contribution is 2.22. The van der Waals surface area contributed by atoms with Crippen molar-refractivity contribution >= 4 is 16.7 Å². The van der Waals surface area contributed by atoms with Crippen molar-refractivity contribution in [3.63, 3.8) is 0 Å². The molecule has 0 spiro atoms. The molecule has 0 fully saturated rings. The number of nitrogens with zero attached hydrogens (tertiary/aromatic N) is 4. The Labute approximate surface area is 114 Å². The van der Waals surface area contributed by atoms with Crippen molar-refractivity contribution in [1.82, 2.24) is 14.5 Å². The van der Waals surface area contributed by atoms with E-state index >= 15 is 0 Å². The maximum Gasteiger partial charge on any atom is 0.290 e. The summed E-state index contributed by atoms with van der Waals surface area (Å²) in [4.78, 5) is 19.2. The zero-order chi connectivity index (χ0) is 14.3. The van der Waals surface area contributed by atoms with Gasteiger partial charge in [-0.15, -0.1) is 0 Å². The van der Waals surface area contributed by atoms with Gasteiger partial charge in [0.05, 0.1) is 16.0 Å². The Morgan fingerprint density at radius 3 is 2.55 bits per heavy atom. The van der Waals surface area contributed by atoms with Crippen molar-refractivity contribution in [2.75, 3.05) is 0 Å². The molecule has 0 radical (unpaired) electrons. The van der Waals surface area contributed by atoms with Gasteiger partial charge in [-0.25, -0.2) is 9.97 Å². The number of aromatic nitrogens is 3. The quantitative estimate of drug-likeness (QED) is 0.529. The lowest BCUT2D eigenvalue weighted by Gasteiger charge is -2.06. The van der Waals surface area contributed by atoms with Gasteiger partial charge in [0.15, 0.2) is 0 Å². The SMILES string of the molecule is Cc1nc(-n2c(C)nc3ccccc32)ccc1[N+](=O)[O-]. The van der Waals surface area contributed by atoms with Crippen molar-refractivity contribution in [2.24, 2.45) is 0 Å². The van der Waals surface area contributed by atoms with Gasteiger partial charge in [0.2, 0.25) is 0 Å². The number of hydrogen-bond donors (Lipinski definition) is 0. The van der Waals surface area contributed by atoms with Crippen molar-refractivity contribution in [3.05, 3.63) is 58.0 Å². The lowest BCUT2D eigenvalue weighted by atomic mass is 10.3. The largest absolute Gasteiger partial charge is 0.290 e. The monoisotopic (exact) mass is 268 g/mol. The normalized spacial score (nSPS) is 10.9. The minimum Gasteiger partial charge on any atom is -0.281 e. The van der Waals surface area contributed by atoms with Gasteiger partial charge in [-0.1, -0.05) is 12.1 Å². The van der Waals surface area contributed by atoms with Crippen LogP contribution < -0.4 is 0 Å². The number of rotatable bonds is 2. The molecular weight excluding hydrogens is 256 g/mol. The highest BCUT2D eigenvalue weighted by molar-refractivity contribution is 5.77. The van der Waals surface area contributed by atoms with Crippen molar-refractivity contribution in [3.8, 4) is 5.82 Å². The van der Waals surface area contributed by atoms with E-state index < -0.39 is 4.92 Å². The molecule has 2 aromatic heterocycles. The number of benzene rings is 1. The summed E-state index contributed by atoms with van der Waals surface area (Å²) in [6, 6.07) is 10.9. The molecule has 0 aliphatic rings. The van der Waals surface area contributed by atoms with Crippen LogP contribution in [-0.4, -0.2) is 19.5 Å². The summed E-state index contributed by atoms with van der Waals surface area (Å²) in [5, 5.41) is 10.8.